The van der Waals surface area contributed by atoms with Crippen molar-refractivity contribution in [2.24, 2.45) is 0 Å². The molecule has 0 radical (unpaired) electrons. The molecule has 2 heterocycles. The average molecular weight is 296 g/mol. The van der Waals surface area contributed by atoms with Crippen molar-refractivity contribution in [2.45, 2.75) is 45.4 Å². The maximum absolute atomic E-state index is 6.34. The Morgan fingerprint density at radius 3 is 2.60 bits per heavy atom. The van der Waals surface area contributed by atoms with Gasteiger partial charge in [-0.2, -0.15) is 13.6 Å². The van der Waals surface area contributed by atoms with Crippen LogP contribution < -0.4 is 0 Å². The third kappa shape index (κ3) is 2.51. The van der Waals surface area contributed by atoms with Crippen LogP contribution in [-0.4, -0.2) is 29.5 Å². The zero-order valence-corrected chi connectivity index (χ0v) is 13.5. The van der Waals surface area contributed by atoms with Gasteiger partial charge in [0, 0.05) is 0 Å². The van der Waals surface area contributed by atoms with Crippen LogP contribution in [0.5, 0.6) is 0 Å². The normalized spacial score (nSPS) is 34.4. The van der Waals surface area contributed by atoms with Gasteiger partial charge in [0.15, 0.2) is 6.10 Å². The maximum atomic E-state index is 6.34. The molecule has 3 rings (SSSR count). The number of benzene rings is 1. The first-order chi connectivity index (χ1) is 9.41. The minimum Gasteiger partial charge on any atom is -0.161 e. The Labute approximate surface area is 121 Å². The third-order valence-corrected chi connectivity index (χ3v) is 6.54. The van der Waals surface area contributed by atoms with E-state index in [4.69, 9.17) is 13.6 Å². The second kappa shape index (κ2) is 5.04. The molecule has 3 atom stereocenters. The van der Waals surface area contributed by atoms with Gasteiger partial charge in [0.25, 0.3) is 0 Å². The minimum absolute atomic E-state index is 0.0205. The quantitative estimate of drug-likeness (QED) is 0.773. The van der Waals surface area contributed by atoms with Crippen LogP contribution in [0, 0.1) is 0 Å². The first kappa shape index (κ1) is 14.4. The lowest BCUT2D eigenvalue weighted by molar-refractivity contribution is 0.0582. The summed E-state index contributed by atoms with van der Waals surface area (Å²) >= 11 is 0. The van der Waals surface area contributed by atoms with E-state index in [-0.39, 0.29) is 17.7 Å². The summed E-state index contributed by atoms with van der Waals surface area (Å²) in [5.41, 5.74) is 0.914. The van der Waals surface area contributed by atoms with Crippen LogP contribution in [0.25, 0.3) is 0 Å². The van der Waals surface area contributed by atoms with Gasteiger partial charge in [0.2, 0.25) is 0 Å². The van der Waals surface area contributed by atoms with E-state index < -0.39 is 8.09 Å². The molecule has 1 aromatic carbocycles. The predicted molar refractivity (Wildman–Crippen MR) is 80.1 cm³/mol. The monoisotopic (exact) mass is 296 g/mol. The summed E-state index contributed by atoms with van der Waals surface area (Å²) in [7, 11) is -2.37. The van der Waals surface area contributed by atoms with E-state index in [9.17, 15) is 0 Å². The second-order valence-electron chi connectivity index (χ2n) is 6.35. The first-order valence-electron chi connectivity index (χ1n) is 7.16. The van der Waals surface area contributed by atoms with Gasteiger partial charge in [-0.05, 0) is 33.3 Å². The standard InChI is InChI=1S/C15H23NO3P/c1-12-14(13-8-6-5-7-9-13)18-20(19-15(2,3)4)16(12)10-11-17-20/h5-9,12,14H,10-11H2,1-4H3/q+1. The molecule has 0 aliphatic carbocycles. The molecule has 20 heavy (non-hydrogen) atoms. The van der Waals surface area contributed by atoms with Crippen LogP contribution in [0.15, 0.2) is 30.3 Å². The van der Waals surface area contributed by atoms with Gasteiger partial charge in [0.1, 0.15) is 12.2 Å². The van der Waals surface area contributed by atoms with Gasteiger partial charge in [-0.1, -0.05) is 35.0 Å². The molecule has 110 valence electrons. The SMILES string of the molecule is CC1C(c2ccccc2)O[P+]2(OC(C)(C)C)OCCN12. The number of fused-ring (bicyclic) bond motifs is 1. The Balaban J connectivity index is 1.89. The van der Waals surface area contributed by atoms with E-state index in [0.717, 1.165) is 6.54 Å². The molecule has 0 bridgehead atoms. The topological polar surface area (TPSA) is 30.9 Å². The van der Waals surface area contributed by atoms with E-state index in [1.807, 2.05) is 39.0 Å². The zero-order chi connectivity index (χ0) is 14.4. The van der Waals surface area contributed by atoms with Crippen LogP contribution >= 0.6 is 8.09 Å². The predicted octanol–water partition coefficient (Wildman–Crippen LogP) is 3.97. The van der Waals surface area contributed by atoms with Crippen molar-refractivity contribution in [2.75, 3.05) is 13.2 Å². The van der Waals surface area contributed by atoms with Crippen molar-refractivity contribution in [3.05, 3.63) is 35.9 Å². The highest BCUT2D eigenvalue weighted by molar-refractivity contribution is 7.59. The minimum atomic E-state index is -2.37. The summed E-state index contributed by atoms with van der Waals surface area (Å²) in [5, 5.41) is 0. The fourth-order valence-electron chi connectivity index (χ4n) is 2.78. The number of hydrogen-bond acceptors (Lipinski definition) is 4. The molecule has 2 saturated heterocycles. The molecule has 0 amide bonds. The molecule has 1 aromatic rings. The van der Waals surface area contributed by atoms with Crippen LogP contribution in [0.4, 0.5) is 0 Å². The van der Waals surface area contributed by atoms with E-state index >= 15 is 0 Å². The largest absolute Gasteiger partial charge is 0.506 e. The molecular formula is C15H23NO3P+. The van der Waals surface area contributed by atoms with E-state index in [2.05, 4.69) is 23.7 Å². The van der Waals surface area contributed by atoms with E-state index in [1.165, 1.54) is 5.56 Å². The highest BCUT2D eigenvalue weighted by Gasteiger charge is 2.69. The lowest BCUT2D eigenvalue weighted by Gasteiger charge is -2.24. The van der Waals surface area contributed by atoms with Crippen LogP contribution in [-0.2, 0) is 13.6 Å². The van der Waals surface area contributed by atoms with Crippen LogP contribution in [0.2, 0.25) is 0 Å². The summed E-state index contributed by atoms with van der Waals surface area (Å²) < 4.78 is 20.8. The molecule has 2 fully saturated rings. The molecule has 5 heteroatoms. The van der Waals surface area contributed by atoms with Crippen molar-refractivity contribution < 1.29 is 13.6 Å². The van der Waals surface area contributed by atoms with Crippen molar-refractivity contribution in [1.29, 1.82) is 0 Å². The summed E-state index contributed by atoms with van der Waals surface area (Å²) in [6, 6.07) is 10.6. The fraction of sp³-hybridized carbons (Fsp3) is 0.600. The Morgan fingerprint density at radius 2 is 1.95 bits per heavy atom. The van der Waals surface area contributed by atoms with Gasteiger partial charge >= 0.3 is 8.09 Å². The third-order valence-electron chi connectivity index (χ3n) is 3.56. The van der Waals surface area contributed by atoms with Crippen molar-refractivity contribution in [3.8, 4) is 0 Å². The Hall–Kier alpha value is -0.510. The molecular weight excluding hydrogens is 273 g/mol. The molecule has 0 aromatic heterocycles. The van der Waals surface area contributed by atoms with Gasteiger partial charge in [-0.3, -0.25) is 0 Å². The Morgan fingerprint density at radius 1 is 1.25 bits per heavy atom. The van der Waals surface area contributed by atoms with Crippen LogP contribution in [0.1, 0.15) is 39.4 Å². The van der Waals surface area contributed by atoms with Crippen LogP contribution in [0.3, 0.4) is 0 Å². The molecule has 0 spiro atoms. The molecule has 4 nitrogen and oxygen atoms in total. The summed E-state index contributed by atoms with van der Waals surface area (Å²) in [4.78, 5) is 0. The molecule has 0 N–H and O–H groups in total. The molecule has 2 aliphatic rings. The Bertz CT molecular complexity index is 476. The average Bonchev–Trinajstić information content (AvgIpc) is 2.87. The first-order valence-corrected chi connectivity index (χ1v) is 8.66. The van der Waals surface area contributed by atoms with Gasteiger partial charge < -0.3 is 0 Å². The van der Waals surface area contributed by atoms with Crippen molar-refractivity contribution >= 4 is 8.09 Å². The lowest BCUT2D eigenvalue weighted by Crippen LogP contribution is -2.29. The fourth-order valence-corrected chi connectivity index (χ4v) is 5.79. The number of nitrogens with zero attached hydrogens (tertiary/aromatic N) is 1. The zero-order valence-electron chi connectivity index (χ0n) is 12.6. The number of hydrogen-bond donors (Lipinski definition) is 0. The molecule has 2 aliphatic heterocycles. The second-order valence-corrected chi connectivity index (χ2v) is 8.45. The summed E-state index contributed by atoms with van der Waals surface area (Å²) in [5.74, 6) is 0. The smallest absolute Gasteiger partial charge is 0.161 e. The lowest BCUT2D eigenvalue weighted by atomic mass is 10.0. The van der Waals surface area contributed by atoms with E-state index in [1.54, 1.807) is 0 Å². The summed E-state index contributed by atoms with van der Waals surface area (Å²) in [6.45, 7) is 9.91. The summed E-state index contributed by atoms with van der Waals surface area (Å²) in [6.07, 6.45) is 0.0205. The van der Waals surface area contributed by atoms with Gasteiger partial charge in [0.05, 0.1) is 12.6 Å². The highest BCUT2D eigenvalue weighted by Crippen LogP contribution is 2.76. The molecule has 3 unspecified atom stereocenters. The maximum Gasteiger partial charge on any atom is 0.506 e. The van der Waals surface area contributed by atoms with E-state index in [0.29, 0.717) is 6.61 Å². The molecule has 0 saturated carbocycles. The Kier molecular flexibility index (Phi) is 3.64. The van der Waals surface area contributed by atoms with Gasteiger partial charge in [-0.15, -0.1) is 0 Å². The van der Waals surface area contributed by atoms with Gasteiger partial charge in [-0.25, -0.2) is 0 Å². The van der Waals surface area contributed by atoms with Crippen molar-refractivity contribution in [1.82, 2.24) is 4.67 Å². The van der Waals surface area contributed by atoms with Crippen molar-refractivity contribution in [3.63, 3.8) is 0 Å². The highest BCUT2D eigenvalue weighted by atomic mass is 31.2. The number of rotatable bonds is 2.